The van der Waals surface area contributed by atoms with Crippen molar-refractivity contribution in [2.24, 2.45) is 0 Å². The van der Waals surface area contributed by atoms with Crippen molar-refractivity contribution in [3.63, 3.8) is 0 Å². The van der Waals surface area contributed by atoms with Crippen LogP contribution in [-0.2, 0) is 0 Å². The van der Waals surface area contributed by atoms with E-state index in [1.165, 1.54) is 17.5 Å². The van der Waals surface area contributed by atoms with Crippen LogP contribution in [0.25, 0.3) is 20.8 Å². The van der Waals surface area contributed by atoms with Gasteiger partial charge in [0.05, 0.1) is 15.8 Å². The van der Waals surface area contributed by atoms with Crippen LogP contribution in [-0.4, -0.2) is 21.0 Å². The van der Waals surface area contributed by atoms with Crippen molar-refractivity contribution in [1.29, 1.82) is 0 Å². The summed E-state index contributed by atoms with van der Waals surface area (Å²) in [5.41, 5.74) is 1.48. The number of aromatic nitrogens is 2. The second-order valence-corrected chi connectivity index (χ2v) is 5.32. The molecule has 3 aromatic rings. The minimum atomic E-state index is -1.01. The van der Waals surface area contributed by atoms with Gasteiger partial charge in [0, 0.05) is 23.0 Å². The summed E-state index contributed by atoms with van der Waals surface area (Å²) in [6.07, 6.45) is 2.89. The van der Waals surface area contributed by atoms with Crippen LogP contribution in [0.1, 0.15) is 10.4 Å². The van der Waals surface area contributed by atoms with Crippen LogP contribution in [0.4, 0.5) is 0 Å². The van der Waals surface area contributed by atoms with Crippen molar-refractivity contribution in [2.45, 2.75) is 0 Å². The van der Waals surface area contributed by atoms with Crippen LogP contribution < -0.4 is 0 Å². The number of nitrogens with zero attached hydrogens (tertiary/aromatic N) is 2. The van der Waals surface area contributed by atoms with Gasteiger partial charge in [-0.3, -0.25) is 4.98 Å². The van der Waals surface area contributed by atoms with Gasteiger partial charge in [0.25, 0.3) is 0 Å². The summed E-state index contributed by atoms with van der Waals surface area (Å²) < 4.78 is 0.965. The SMILES string of the molecule is O=C(O)c1cnccc1-c1nc2cc(Cl)ccc2s1. The number of fused-ring (bicyclic) bond motifs is 1. The molecule has 4 nitrogen and oxygen atoms in total. The lowest BCUT2D eigenvalue weighted by molar-refractivity contribution is 0.0697. The molecule has 94 valence electrons. The second-order valence-electron chi connectivity index (χ2n) is 3.86. The lowest BCUT2D eigenvalue weighted by Gasteiger charge is -2.00. The van der Waals surface area contributed by atoms with Crippen LogP contribution in [0.5, 0.6) is 0 Å². The zero-order valence-electron chi connectivity index (χ0n) is 9.50. The molecular weight excluding hydrogens is 284 g/mol. The van der Waals surface area contributed by atoms with E-state index in [1.54, 1.807) is 24.4 Å². The van der Waals surface area contributed by atoms with Gasteiger partial charge in [-0.25, -0.2) is 9.78 Å². The van der Waals surface area contributed by atoms with Gasteiger partial charge in [-0.05, 0) is 24.3 Å². The standard InChI is InChI=1S/C13H7ClN2O2S/c14-7-1-2-11-10(5-7)16-12(19-11)8-3-4-15-6-9(8)13(17)18/h1-6H,(H,17,18). The number of hydrogen-bond donors (Lipinski definition) is 1. The van der Waals surface area contributed by atoms with Crippen LogP contribution in [0.2, 0.25) is 5.02 Å². The van der Waals surface area contributed by atoms with E-state index in [-0.39, 0.29) is 5.56 Å². The first-order chi connectivity index (χ1) is 9.15. The van der Waals surface area contributed by atoms with Crippen molar-refractivity contribution < 1.29 is 9.90 Å². The maximum Gasteiger partial charge on any atom is 0.337 e. The molecule has 6 heteroatoms. The molecule has 0 aliphatic rings. The van der Waals surface area contributed by atoms with Crippen molar-refractivity contribution in [2.75, 3.05) is 0 Å². The van der Waals surface area contributed by atoms with E-state index in [9.17, 15) is 4.79 Å². The van der Waals surface area contributed by atoms with E-state index >= 15 is 0 Å². The smallest absolute Gasteiger partial charge is 0.337 e. The molecule has 1 aromatic carbocycles. The van der Waals surface area contributed by atoms with Crippen LogP contribution in [0.15, 0.2) is 36.7 Å². The first-order valence-electron chi connectivity index (χ1n) is 5.39. The topological polar surface area (TPSA) is 63.1 Å². The lowest BCUT2D eigenvalue weighted by Crippen LogP contribution is -1.99. The Morgan fingerprint density at radius 2 is 2.16 bits per heavy atom. The molecule has 19 heavy (non-hydrogen) atoms. The first kappa shape index (κ1) is 12.1. The molecule has 1 N–H and O–H groups in total. The predicted octanol–water partition coefficient (Wildman–Crippen LogP) is 3.71. The van der Waals surface area contributed by atoms with Crippen LogP contribution in [0.3, 0.4) is 0 Å². The van der Waals surface area contributed by atoms with Gasteiger partial charge in [-0.15, -0.1) is 11.3 Å². The van der Waals surface area contributed by atoms with Crippen molar-refractivity contribution in [1.82, 2.24) is 9.97 Å². The number of rotatable bonds is 2. The van der Waals surface area contributed by atoms with Gasteiger partial charge < -0.3 is 5.11 Å². The number of benzene rings is 1. The van der Waals surface area contributed by atoms with Gasteiger partial charge in [0.1, 0.15) is 5.01 Å². The molecule has 0 unspecified atom stereocenters. The molecule has 0 atom stereocenters. The average Bonchev–Trinajstić information content (AvgIpc) is 2.81. The third-order valence-electron chi connectivity index (χ3n) is 2.63. The molecule has 0 aliphatic carbocycles. The summed E-state index contributed by atoms with van der Waals surface area (Å²) in [6.45, 7) is 0. The van der Waals surface area contributed by atoms with Gasteiger partial charge in [-0.2, -0.15) is 0 Å². The molecule has 0 spiro atoms. The number of pyridine rings is 1. The minimum Gasteiger partial charge on any atom is -0.478 e. The van der Waals surface area contributed by atoms with Gasteiger partial charge >= 0.3 is 5.97 Å². The maximum absolute atomic E-state index is 11.2. The number of hydrogen-bond acceptors (Lipinski definition) is 4. The summed E-state index contributed by atoms with van der Waals surface area (Å²) in [5, 5.41) is 10.4. The molecular formula is C13H7ClN2O2S. The van der Waals surface area contributed by atoms with E-state index < -0.39 is 5.97 Å². The first-order valence-corrected chi connectivity index (χ1v) is 6.58. The monoisotopic (exact) mass is 290 g/mol. The van der Waals surface area contributed by atoms with Gasteiger partial charge in [0.2, 0.25) is 0 Å². The Labute approximate surface area is 117 Å². The summed E-state index contributed by atoms with van der Waals surface area (Å²) >= 11 is 7.35. The molecule has 0 saturated carbocycles. The Bertz CT molecular complexity index is 785. The van der Waals surface area contributed by atoms with Crippen LogP contribution >= 0.6 is 22.9 Å². The highest BCUT2D eigenvalue weighted by atomic mass is 35.5. The van der Waals surface area contributed by atoms with E-state index in [0.717, 1.165) is 10.2 Å². The molecule has 2 aromatic heterocycles. The number of thiazole rings is 1. The normalized spacial score (nSPS) is 10.8. The molecule has 0 radical (unpaired) electrons. The fourth-order valence-electron chi connectivity index (χ4n) is 1.77. The Morgan fingerprint density at radius 1 is 1.32 bits per heavy atom. The number of carboxylic acids is 1. The molecule has 0 bridgehead atoms. The fourth-order valence-corrected chi connectivity index (χ4v) is 2.92. The average molecular weight is 291 g/mol. The molecule has 0 aliphatic heterocycles. The molecule has 0 fully saturated rings. The van der Waals surface area contributed by atoms with Gasteiger partial charge in [0.15, 0.2) is 0 Å². The maximum atomic E-state index is 11.2. The van der Waals surface area contributed by atoms with Crippen molar-refractivity contribution in [3.8, 4) is 10.6 Å². The minimum absolute atomic E-state index is 0.146. The number of carbonyl (C=O) groups is 1. The highest BCUT2D eigenvalue weighted by molar-refractivity contribution is 7.21. The Kier molecular flexibility index (Phi) is 2.93. The Hall–Kier alpha value is -1.98. The summed E-state index contributed by atoms with van der Waals surface area (Å²) in [7, 11) is 0. The zero-order valence-corrected chi connectivity index (χ0v) is 11.1. The highest BCUT2D eigenvalue weighted by Gasteiger charge is 2.15. The zero-order chi connectivity index (χ0) is 13.4. The number of carboxylic acid groups (broad SMARTS) is 1. The Morgan fingerprint density at radius 3 is 2.95 bits per heavy atom. The van der Waals surface area contributed by atoms with E-state index in [0.29, 0.717) is 15.6 Å². The van der Waals surface area contributed by atoms with Crippen molar-refractivity contribution in [3.05, 3.63) is 47.2 Å². The molecule has 0 amide bonds. The summed E-state index contributed by atoms with van der Waals surface area (Å²) in [5.74, 6) is -1.01. The number of aromatic carboxylic acids is 1. The predicted molar refractivity (Wildman–Crippen MR) is 74.8 cm³/mol. The Balaban J connectivity index is 2.22. The number of halogens is 1. The molecule has 3 rings (SSSR count). The van der Waals surface area contributed by atoms with E-state index in [4.69, 9.17) is 16.7 Å². The van der Waals surface area contributed by atoms with E-state index in [1.807, 2.05) is 6.07 Å². The quantitative estimate of drug-likeness (QED) is 0.781. The third kappa shape index (κ3) is 2.18. The van der Waals surface area contributed by atoms with Gasteiger partial charge in [-0.1, -0.05) is 11.6 Å². The van der Waals surface area contributed by atoms with Crippen LogP contribution in [0, 0.1) is 0 Å². The lowest BCUT2D eigenvalue weighted by atomic mass is 10.1. The second kappa shape index (κ2) is 4.60. The fraction of sp³-hybridized carbons (Fsp3) is 0. The summed E-state index contributed by atoms with van der Waals surface area (Å²) in [6, 6.07) is 7.08. The molecule has 0 saturated heterocycles. The highest BCUT2D eigenvalue weighted by Crippen LogP contribution is 2.32. The molecule has 2 heterocycles. The third-order valence-corrected chi connectivity index (χ3v) is 3.94. The largest absolute Gasteiger partial charge is 0.478 e. The van der Waals surface area contributed by atoms with Crippen molar-refractivity contribution >= 4 is 39.1 Å². The van der Waals surface area contributed by atoms with E-state index in [2.05, 4.69) is 9.97 Å². The summed E-state index contributed by atoms with van der Waals surface area (Å²) in [4.78, 5) is 19.4.